The van der Waals surface area contributed by atoms with Crippen LogP contribution in [0, 0.1) is 5.92 Å². The Kier molecular flexibility index (Phi) is 7.82. The van der Waals surface area contributed by atoms with Gasteiger partial charge in [-0.2, -0.15) is 0 Å². The number of halogens is 1. The molecule has 6 nitrogen and oxygen atoms in total. The van der Waals surface area contributed by atoms with Crippen molar-refractivity contribution in [3.8, 4) is 0 Å². The SMILES string of the molecule is CN=C(NCCOCC1CC1)N1CCS(=O)(=O)C2(CCCCC2)C1.I. The van der Waals surface area contributed by atoms with E-state index >= 15 is 0 Å². The first-order valence-electron chi connectivity index (χ1n) is 9.32. The number of nitrogens with zero attached hydrogens (tertiary/aromatic N) is 2. The molecule has 146 valence electrons. The fourth-order valence-electron chi connectivity index (χ4n) is 3.92. The number of aliphatic imine (C=N–C) groups is 1. The van der Waals surface area contributed by atoms with Crippen molar-refractivity contribution in [2.45, 2.75) is 49.7 Å². The first-order valence-corrected chi connectivity index (χ1v) is 11.0. The Morgan fingerprint density at radius 2 is 2.00 bits per heavy atom. The van der Waals surface area contributed by atoms with Crippen molar-refractivity contribution in [1.82, 2.24) is 10.2 Å². The van der Waals surface area contributed by atoms with E-state index in [1.165, 1.54) is 12.8 Å². The van der Waals surface area contributed by atoms with E-state index in [9.17, 15) is 8.42 Å². The largest absolute Gasteiger partial charge is 0.379 e. The first kappa shape index (κ1) is 21.2. The van der Waals surface area contributed by atoms with Gasteiger partial charge in [-0.05, 0) is 31.6 Å². The van der Waals surface area contributed by atoms with E-state index in [0.29, 0.717) is 19.7 Å². The molecule has 3 rings (SSSR count). The molecule has 0 radical (unpaired) electrons. The third-order valence-corrected chi connectivity index (χ3v) is 8.20. The lowest BCUT2D eigenvalue weighted by Crippen LogP contribution is -2.60. The van der Waals surface area contributed by atoms with Gasteiger partial charge >= 0.3 is 0 Å². The maximum absolute atomic E-state index is 12.7. The molecule has 1 heterocycles. The Morgan fingerprint density at radius 1 is 1.28 bits per heavy atom. The summed E-state index contributed by atoms with van der Waals surface area (Å²) in [6.45, 7) is 3.37. The Hall–Kier alpha value is -0.0900. The summed E-state index contributed by atoms with van der Waals surface area (Å²) in [5, 5.41) is 3.34. The van der Waals surface area contributed by atoms with E-state index in [2.05, 4.69) is 15.2 Å². The number of rotatable bonds is 5. The van der Waals surface area contributed by atoms with Gasteiger partial charge < -0.3 is 15.0 Å². The molecule has 0 atom stereocenters. The van der Waals surface area contributed by atoms with Crippen molar-refractivity contribution in [2.24, 2.45) is 10.9 Å². The van der Waals surface area contributed by atoms with Gasteiger partial charge in [0.2, 0.25) is 0 Å². The Bertz CT molecular complexity index is 557. The predicted molar refractivity (Wildman–Crippen MR) is 111 cm³/mol. The van der Waals surface area contributed by atoms with Crippen molar-refractivity contribution in [3.63, 3.8) is 0 Å². The predicted octanol–water partition coefficient (Wildman–Crippen LogP) is 2.04. The third kappa shape index (κ3) is 5.22. The van der Waals surface area contributed by atoms with E-state index in [1.807, 2.05) is 0 Å². The average molecular weight is 485 g/mol. The second-order valence-electron chi connectivity index (χ2n) is 7.48. The molecule has 8 heteroatoms. The minimum Gasteiger partial charge on any atom is -0.379 e. The molecule has 1 aliphatic heterocycles. The van der Waals surface area contributed by atoms with Crippen LogP contribution in [0.15, 0.2) is 4.99 Å². The van der Waals surface area contributed by atoms with E-state index in [-0.39, 0.29) is 29.7 Å². The molecular formula is C17H32IN3O3S. The topological polar surface area (TPSA) is 71.0 Å². The van der Waals surface area contributed by atoms with Crippen LogP contribution in [0.2, 0.25) is 0 Å². The summed E-state index contributed by atoms with van der Waals surface area (Å²) < 4.78 is 30.5. The van der Waals surface area contributed by atoms with E-state index in [1.54, 1.807) is 7.05 Å². The molecule has 0 unspecified atom stereocenters. The van der Waals surface area contributed by atoms with Gasteiger partial charge in [0.15, 0.2) is 15.8 Å². The summed E-state index contributed by atoms with van der Waals surface area (Å²) in [5.74, 6) is 1.83. The molecule has 0 aromatic carbocycles. The number of guanidine groups is 1. The normalized spacial score (nSPS) is 25.5. The zero-order valence-electron chi connectivity index (χ0n) is 15.2. The maximum Gasteiger partial charge on any atom is 0.193 e. The smallest absolute Gasteiger partial charge is 0.193 e. The van der Waals surface area contributed by atoms with Crippen LogP contribution in [-0.2, 0) is 14.6 Å². The third-order valence-electron chi connectivity index (χ3n) is 5.62. The zero-order valence-corrected chi connectivity index (χ0v) is 18.4. The second-order valence-corrected chi connectivity index (χ2v) is 9.98. The number of nitrogens with one attached hydrogen (secondary N) is 1. The van der Waals surface area contributed by atoms with Gasteiger partial charge in [0, 0.05) is 33.3 Å². The van der Waals surface area contributed by atoms with Crippen molar-refractivity contribution >= 4 is 39.8 Å². The highest BCUT2D eigenvalue weighted by Crippen LogP contribution is 2.38. The molecule has 0 amide bonds. The lowest BCUT2D eigenvalue weighted by molar-refractivity contribution is 0.128. The first-order chi connectivity index (χ1) is 11.6. The summed E-state index contributed by atoms with van der Waals surface area (Å²) in [6.07, 6.45) is 7.41. The van der Waals surface area contributed by atoms with Gasteiger partial charge in [-0.3, -0.25) is 4.99 Å². The van der Waals surface area contributed by atoms with Gasteiger partial charge in [0.25, 0.3) is 0 Å². The standard InChI is InChI=1S/C17H31N3O3S.HI/c1-18-16(19-9-11-23-13-15-5-6-15)20-10-12-24(21,22)17(14-20)7-3-2-4-8-17;/h15H,2-14H2,1H3,(H,18,19);1H. The summed E-state index contributed by atoms with van der Waals surface area (Å²) in [7, 11) is -1.23. The van der Waals surface area contributed by atoms with Gasteiger partial charge in [-0.25, -0.2) is 8.42 Å². The minimum absolute atomic E-state index is 0. The maximum atomic E-state index is 12.7. The van der Waals surface area contributed by atoms with Crippen LogP contribution < -0.4 is 5.32 Å². The van der Waals surface area contributed by atoms with Crippen LogP contribution in [0.4, 0.5) is 0 Å². The fraction of sp³-hybridized carbons (Fsp3) is 0.941. The number of hydrogen-bond acceptors (Lipinski definition) is 4. The van der Waals surface area contributed by atoms with Crippen molar-refractivity contribution < 1.29 is 13.2 Å². The monoisotopic (exact) mass is 485 g/mol. The van der Waals surface area contributed by atoms with Crippen molar-refractivity contribution in [2.75, 3.05) is 45.6 Å². The highest BCUT2D eigenvalue weighted by Gasteiger charge is 2.48. The zero-order chi connectivity index (χ0) is 17.0. The number of sulfone groups is 1. The van der Waals surface area contributed by atoms with Crippen LogP contribution in [-0.4, -0.2) is 69.7 Å². The van der Waals surface area contributed by atoms with Crippen LogP contribution in [0.5, 0.6) is 0 Å². The van der Waals surface area contributed by atoms with Gasteiger partial charge in [-0.15, -0.1) is 24.0 Å². The molecule has 2 aliphatic carbocycles. The summed E-state index contributed by atoms with van der Waals surface area (Å²) >= 11 is 0. The number of ether oxygens (including phenoxy) is 1. The highest BCUT2D eigenvalue weighted by molar-refractivity contribution is 14.0. The quantitative estimate of drug-likeness (QED) is 0.279. The highest BCUT2D eigenvalue weighted by atomic mass is 127. The second kappa shape index (κ2) is 9.21. The number of hydrogen-bond donors (Lipinski definition) is 1. The Labute approximate surface area is 169 Å². The molecule has 3 aliphatic rings. The Balaban J connectivity index is 0.00000225. The molecule has 1 saturated heterocycles. The molecule has 25 heavy (non-hydrogen) atoms. The summed E-state index contributed by atoms with van der Waals surface area (Å²) in [4.78, 5) is 6.50. The van der Waals surface area contributed by atoms with Crippen LogP contribution >= 0.6 is 24.0 Å². The van der Waals surface area contributed by atoms with Crippen molar-refractivity contribution in [3.05, 3.63) is 0 Å². The van der Waals surface area contributed by atoms with Crippen LogP contribution in [0.1, 0.15) is 44.9 Å². The molecule has 0 aromatic rings. The van der Waals surface area contributed by atoms with E-state index in [0.717, 1.165) is 57.1 Å². The molecule has 0 bridgehead atoms. The van der Waals surface area contributed by atoms with Crippen LogP contribution in [0.3, 0.4) is 0 Å². The Morgan fingerprint density at radius 3 is 2.64 bits per heavy atom. The summed E-state index contributed by atoms with van der Waals surface area (Å²) in [6, 6.07) is 0. The van der Waals surface area contributed by atoms with Gasteiger partial charge in [0.05, 0.1) is 17.1 Å². The lowest BCUT2D eigenvalue weighted by Gasteiger charge is -2.45. The molecule has 1 spiro atoms. The minimum atomic E-state index is -3.00. The van der Waals surface area contributed by atoms with Crippen LogP contribution in [0.25, 0.3) is 0 Å². The van der Waals surface area contributed by atoms with E-state index in [4.69, 9.17) is 4.74 Å². The molecule has 1 N–H and O–H groups in total. The molecule has 0 aromatic heterocycles. The fourth-order valence-corrected chi connectivity index (χ4v) is 6.08. The molecule has 3 fully saturated rings. The molecular weight excluding hydrogens is 453 g/mol. The van der Waals surface area contributed by atoms with Gasteiger partial charge in [0.1, 0.15) is 0 Å². The van der Waals surface area contributed by atoms with Gasteiger partial charge in [-0.1, -0.05) is 19.3 Å². The van der Waals surface area contributed by atoms with Crippen molar-refractivity contribution in [1.29, 1.82) is 0 Å². The van der Waals surface area contributed by atoms with E-state index < -0.39 is 14.6 Å². The summed E-state index contributed by atoms with van der Waals surface area (Å²) in [5.41, 5.74) is 0. The molecule has 2 saturated carbocycles. The lowest BCUT2D eigenvalue weighted by atomic mass is 9.87. The average Bonchev–Trinajstić information content (AvgIpc) is 3.39.